The van der Waals surface area contributed by atoms with Crippen LogP contribution in [0.1, 0.15) is 48.8 Å². The number of unbranched alkanes of at least 4 members (excludes halogenated alkanes) is 2. The van der Waals surface area contributed by atoms with Gasteiger partial charge in [-0.05, 0) is 55.6 Å². The van der Waals surface area contributed by atoms with Crippen LogP contribution in [-0.4, -0.2) is 37.7 Å². The second-order valence-corrected chi connectivity index (χ2v) is 7.67. The number of para-hydroxylation sites is 1. The Kier molecular flexibility index (Phi) is 8.48. The smallest absolute Gasteiger partial charge is 0.307 e. The molecule has 2 aromatic rings. The van der Waals surface area contributed by atoms with Crippen LogP contribution >= 0.6 is 0 Å². The maximum atomic E-state index is 11.8. The molecule has 1 aliphatic heterocycles. The van der Waals surface area contributed by atoms with Gasteiger partial charge in [-0.15, -0.1) is 0 Å². The van der Waals surface area contributed by atoms with Gasteiger partial charge in [-0.25, -0.2) is 0 Å². The predicted molar refractivity (Wildman–Crippen MR) is 120 cm³/mol. The Labute approximate surface area is 179 Å². The van der Waals surface area contributed by atoms with Crippen LogP contribution in [0.4, 0.5) is 0 Å². The first-order valence-electron chi connectivity index (χ1n) is 10.7. The minimum absolute atomic E-state index is 0.138. The Morgan fingerprint density at radius 3 is 2.70 bits per heavy atom. The Hall–Kier alpha value is -2.63. The summed E-state index contributed by atoms with van der Waals surface area (Å²) < 4.78 is 11.4. The molecule has 0 atom stereocenters. The van der Waals surface area contributed by atoms with Gasteiger partial charge in [0, 0.05) is 18.5 Å². The van der Waals surface area contributed by atoms with Crippen molar-refractivity contribution in [3.05, 3.63) is 71.3 Å². The molecule has 2 N–H and O–H groups in total. The molecule has 0 saturated carbocycles. The van der Waals surface area contributed by atoms with E-state index in [9.17, 15) is 4.79 Å². The van der Waals surface area contributed by atoms with Crippen LogP contribution in [0, 0.1) is 0 Å². The standard InChI is InChI=1S/C25H32N2O3/c1-27(19-30-25(28)15-3-2-8-16-26)17-9-13-22-21-11-5-4-10-20(21)18-29-24-14-7-6-12-23(22)24/h4-7,10-14H,2-3,8-9,15-19,26H2,1H3. The van der Waals surface area contributed by atoms with Crippen molar-refractivity contribution >= 4 is 11.5 Å². The SMILES string of the molecule is CN(CCC=C1c2ccccc2COc2ccccc21)COC(=O)CCCCCN. The summed E-state index contributed by atoms with van der Waals surface area (Å²) in [4.78, 5) is 13.9. The highest BCUT2D eigenvalue weighted by Gasteiger charge is 2.18. The van der Waals surface area contributed by atoms with E-state index in [-0.39, 0.29) is 5.97 Å². The van der Waals surface area contributed by atoms with Crippen LogP contribution < -0.4 is 10.5 Å². The molecule has 160 valence electrons. The molecule has 0 radical (unpaired) electrons. The van der Waals surface area contributed by atoms with Crippen molar-refractivity contribution in [2.45, 2.75) is 38.7 Å². The minimum Gasteiger partial charge on any atom is -0.488 e. The highest BCUT2D eigenvalue weighted by atomic mass is 16.5. The quantitative estimate of drug-likeness (QED) is 0.360. The molecule has 0 aromatic heterocycles. The predicted octanol–water partition coefficient (Wildman–Crippen LogP) is 4.35. The zero-order chi connectivity index (χ0) is 21.2. The fourth-order valence-corrected chi connectivity index (χ4v) is 3.58. The van der Waals surface area contributed by atoms with E-state index in [0.717, 1.165) is 43.5 Å². The van der Waals surface area contributed by atoms with E-state index in [1.807, 2.05) is 36.2 Å². The second-order valence-electron chi connectivity index (χ2n) is 7.67. The van der Waals surface area contributed by atoms with Gasteiger partial charge in [-0.3, -0.25) is 9.69 Å². The number of carbonyl (C=O) groups excluding carboxylic acids is 1. The van der Waals surface area contributed by atoms with E-state index in [2.05, 4.69) is 30.3 Å². The van der Waals surface area contributed by atoms with Crippen molar-refractivity contribution in [2.75, 3.05) is 26.9 Å². The van der Waals surface area contributed by atoms with E-state index in [0.29, 0.717) is 26.3 Å². The molecule has 0 bridgehead atoms. The van der Waals surface area contributed by atoms with Crippen molar-refractivity contribution in [3.63, 3.8) is 0 Å². The van der Waals surface area contributed by atoms with Gasteiger partial charge in [0.2, 0.25) is 0 Å². The van der Waals surface area contributed by atoms with Crippen LogP contribution in [0.5, 0.6) is 5.75 Å². The van der Waals surface area contributed by atoms with E-state index in [4.69, 9.17) is 15.2 Å². The highest BCUT2D eigenvalue weighted by molar-refractivity contribution is 5.84. The van der Waals surface area contributed by atoms with E-state index in [1.54, 1.807) is 0 Å². The minimum atomic E-state index is -0.138. The van der Waals surface area contributed by atoms with Gasteiger partial charge < -0.3 is 15.2 Å². The van der Waals surface area contributed by atoms with Crippen LogP contribution in [0.3, 0.4) is 0 Å². The topological polar surface area (TPSA) is 64.8 Å². The van der Waals surface area contributed by atoms with Crippen LogP contribution in [0.25, 0.3) is 5.57 Å². The number of carbonyl (C=O) groups is 1. The molecule has 0 fully saturated rings. The molecule has 1 heterocycles. The summed E-state index contributed by atoms with van der Waals surface area (Å²) in [5.74, 6) is 0.776. The molecule has 0 aliphatic carbocycles. The fraction of sp³-hybridized carbons (Fsp3) is 0.400. The lowest BCUT2D eigenvalue weighted by molar-refractivity contribution is -0.148. The first kappa shape index (κ1) is 22.1. The summed E-state index contributed by atoms with van der Waals surface area (Å²) in [7, 11) is 1.97. The van der Waals surface area contributed by atoms with Crippen molar-refractivity contribution in [1.82, 2.24) is 4.90 Å². The third-order valence-corrected chi connectivity index (χ3v) is 5.26. The van der Waals surface area contributed by atoms with Gasteiger partial charge in [0.15, 0.2) is 0 Å². The number of hydrogen-bond acceptors (Lipinski definition) is 5. The second kappa shape index (κ2) is 11.5. The number of esters is 1. The van der Waals surface area contributed by atoms with Crippen molar-refractivity contribution in [3.8, 4) is 5.75 Å². The summed E-state index contributed by atoms with van der Waals surface area (Å²) in [5.41, 5.74) is 10.2. The van der Waals surface area contributed by atoms with Gasteiger partial charge in [0.05, 0.1) is 0 Å². The Balaban J connectivity index is 1.57. The average molecular weight is 409 g/mol. The molecule has 0 spiro atoms. The Morgan fingerprint density at radius 2 is 1.87 bits per heavy atom. The maximum absolute atomic E-state index is 11.8. The molecule has 5 heteroatoms. The third-order valence-electron chi connectivity index (χ3n) is 5.26. The molecule has 5 nitrogen and oxygen atoms in total. The Bertz CT molecular complexity index is 813. The lowest BCUT2D eigenvalue weighted by atomic mass is 9.93. The van der Waals surface area contributed by atoms with Crippen molar-refractivity contribution in [2.24, 2.45) is 5.73 Å². The molecule has 0 saturated heterocycles. The number of nitrogens with zero attached hydrogens (tertiary/aromatic N) is 1. The molecular formula is C25H32N2O3. The van der Waals surface area contributed by atoms with Crippen LogP contribution in [-0.2, 0) is 16.1 Å². The maximum Gasteiger partial charge on any atom is 0.307 e. The van der Waals surface area contributed by atoms with Crippen molar-refractivity contribution in [1.29, 1.82) is 0 Å². The fourth-order valence-electron chi connectivity index (χ4n) is 3.58. The van der Waals surface area contributed by atoms with E-state index < -0.39 is 0 Å². The number of ether oxygens (including phenoxy) is 2. The normalized spacial score (nSPS) is 14.0. The molecule has 30 heavy (non-hydrogen) atoms. The summed E-state index contributed by atoms with van der Waals surface area (Å²) in [6.45, 7) is 2.37. The molecule has 3 rings (SSSR count). The summed E-state index contributed by atoms with van der Waals surface area (Å²) in [6, 6.07) is 16.6. The number of hydrogen-bond donors (Lipinski definition) is 1. The summed E-state index contributed by atoms with van der Waals surface area (Å²) in [5, 5.41) is 0. The van der Waals surface area contributed by atoms with Gasteiger partial charge in [-0.1, -0.05) is 55.0 Å². The van der Waals surface area contributed by atoms with Crippen LogP contribution in [0.2, 0.25) is 0 Å². The number of benzene rings is 2. The van der Waals surface area contributed by atoms with Gasteiger partial charge in [-0.2, -0.15) is 0 Å². The highest BCUT2D eigenvalue weighted by Crippen LogP contribution is 2.36. The Morgan fingerprint density at radius 1 is 1.10 bits per heavy atom. The largest absolute Gasteiger partial charge is 0.488 e. The summed E-state index contributed by atoms with van der Waals surface area (Å²) in [6.07, 6.45) is 6.35. The molecule has 0 unspecified atom stereocenters. The average Bonchev–Trinajstić information content (AvgIpc) is 2.93. The molecule has 1 aliphatic rings. The molecule has 0 amide bonds. The first-order valence-corrected chi connectivity index (χ1v) is 10.7. The lowest BCUT2D eigenvalue weighted by Gasteiger charge is -2.16. The number of nitrogens with two attached hydrogens (primary N) is 1. The zero-order valence-electron chi connectivity index (χ0n) is 17.8. The monoisotopic (exact) mass is 408 g/mol. The lowest BCUT2D eigenvalue weighted by Crippen LogP contribution is -2.24. The zero-order valence-corrected chi connectivity index (χ0v) is 17.8. The van der Waals surface area contributed by atoms with Gasteiger partial charge >= 0.3 is 5.97 Å². The third kappa shape index (κ3) is 6.18. The molecular weight excluding hydrogens is 376 g/mol. The molecule has 2 aromatic carbocycles. The van der Waals surface area contributed by atoms with E-state index in [1.165, 1.54) is 16.7 Å². The van der Waals surface area contributed by atoms with Crippen molar-refractivity contribution < 1.29 is 14.3 Å². The summed E-state index contributed by atoms with van der Waals surface area (Å²) >= 11 is 0. The van der Waals surface area contributed by atoms with Gasteiger partial charge in [0.25, 0.3) is 0 Å². The number of rotatable bonds is 10. The first-order chi connectivity index (χ1) is 14.7. The number of fused-ring (bicyclic) bond motifs is 2. The van der Waals surface area contributed by atoms with E-state index >= 15 is 0 Å². The van der Waals surface area contributed by atoms with Crippen LogP contribution in [0.15, 0.2) is 54.6 Å². The van der Waals surface area contributed by atoms with Gasteiger partial charge in [0.1, 0.15) is 19.1 Å².